The first kappa shape index (κ1) is 17.2. The smallest absolute Gasteiger partial charge is 0.228 e. The lowest BCUT2D eigenvalue weighted by Crippen LogP contribution is -2.14. The molecule has 3 rings (SSSR count). The quantitative estimate of drug-likeness (QED) is 0.633. The number of anilines is 3. The third-order valence-corrected chi connectivity index (χ3v) is 4.57. The normalized spacial score (nSPS) is 10.3. The number of amides is 1. The molecule has 1 aromatic heterocycles. The Balaban J connectivity index is 1.60. The number of halogens is 1. The van der Waals surface area contributed by atoms with Gasteiger partial charge in [-0.1, -0.05) is 46.3 Å². The fourth-order valence-electron chi connectivity index (χ4n) is 2.40. The number of pyridine rings is 1. The van der Waals surface area contributed by atoms with Crippen molar-refractivity contribution in [2.75, 3.05) is 10.6 Å². The van der Waals surface area contributed by atoms with Gasteiger partial charge in [0.05, 0.1) is 18.3 Å². The number of hydrogen-bond donors (Lipinski definition) is 2. The van der Waals surface area contributed by atoms with Gasteiger partial charge in [-0.2, -0.15) is 0 Å². The Morgan fingerprint density at radius 2 is 1.80 bits per heavy atom. The zero-order valence-electron chi connectivity index (χ0n) is 13.8. The molecule has 25 heavy (non-hydrogen) atoms. The first-order valence-corrected chi connectivity index (χ1v) is 8.72. The Morgan fingerprint density at radius 1 is 1.04 bits per heavy atom. The SMILES string of the molecule is Cc1cc(Nc2ccc(NC(=O)Cc3ccccc3)cn2)ccc1Br. The minimum Gasteiger partial charge on any atom is -0.340 e. The van der Waals surface area contributed by atoms with Crippen LogP contribution >= 0.6 is 15.9 Å². The molecule has 2 aromatic carbocycles. The van der Waals surface area contributed by atoms with Crippen molar-refractivity contribution in [2.45, 2.75) is 13.3 Å². The highest BCUT2D eigenvalue weighted by Gasteiger charge is 2.05. The van der Waals surface area contributed by atoms with Crippen LogP contribution in [0.15, 0.2) is 71.3 Å². The van der Waals surface area contributed by atoms with E-state index in [0.29, 0.717) is 12.1 Å². The van der Waals surface area contributed by atoms with Gasteiger partial charge in [0.25, 0.3) is 0 Å². The molecule has 0 aliphatic carbocycles. The van der Waals surface area contributed by atoms with Crippen LogP contribution in [0.5, 0.6) is 0 Å². The third-order valence-electron chi connectivity index (χ3n) is 3.69. The van der Waals surface area contributed by atoms with Gasteiger partial charge in [0.2, 0.25) is 5.91 Å². The average Bonchev–Trinajstić information content (AvgIpc) is 2.61. The Morgan fingerprint density at radius 3 is 2.48 bits per heavy atom. The van der Waals surface area contributed by atoms with E-state index in [4.69, 9.17) is 0 Å². The molecule has 0 fully saturated rings. The van der Waals surface area contributed by atoms with Gasteiger partial charge in [0.15, 0.2) is 0 Å². The molecular weight excluding hydrogens is 378 g/mol. The molecule has 0 spiro atoms. The molecule has 0 aliphatic heterocycles. The van der Waals surface area contributed by atoms with Crippen LogP contribution in [0.25, 0.3) is 0 Å². The van der Waals surface area contributed by atoms with Gasteiger partial charge in [-0.3, -0.25) is 4.79 Å². The molecular formula is C20H18BrN3O. The minimum absolute atomic E-state index is 0.0581. The summed E-state index contributed by atoms with van der Waals surface area (Å²) >= 11 is 3.49. The van der Waals surface area contributed by atoms with Gasteiger partial charge in [0.1, 0.15) is 5.82 Å². The standard InChI is InChI=1S/C20H18BrN3O/c1-14-11-16(7-9-18(14)21)23-19-10-8-17(13-22-19)24-20(25)12-15-5-3-2-4-6-15/h2-11,13H,12H2,1H3,(H,22,23)(H,24,25). The Labute approximate surface area is 155 Å². The molecule has 2 N–H and O–H groups in total. The van der Waals surface area contributed by atoms with Crippen LogP contribution in [0.1, 0.15) is 11.1 Å². The zero-order valence-corrected chi connectivity index (χ0v) is 15.4. The van der Waals surface area contributed by atoms with Crippen LogP contribution < -0.4 is 10.6 Å². The van der Waals surface area contributed by atoms with Crippen LogP contribution in [0, 0.1) is 6.92 Å². The number of nitrogens with one attached hydrogen (secondary N) is 2. The van der Waals surface area contributed by atoms with Gasteiger partial charge in [-0.05, 0) is 48.4 Å². The summed E-state index contributed by atoms with van der Waals surface area (Å²) in [6, 6.07) is 19.4. The third kappa shape index (κ3) is 4.90. The van der Waals surface area contributed by atoms with Crippen molar-refractivity contribution in [1.82, 2.24) is 4.98 Å². The molecule has 1 heterocycles. The van der Waals surface area contributed by atoms with Crippen LogP contribution in [0.2, 0.25) is 0 Å². The van der Waals surface area contributed by atoms with E-state index >= 15 is 0 Å². The van der Waals surface area contributed by atoms with Crippen LogP contribution in [-0.2, 0) is 11.2 Å². The van der Waals surface area contributed by atoms with E-state index in [-0.39, 0.29) is 5.91 Å². The molecule has 0 atom stereocenters. The Bertz CT molecular complexity index is 864. The predicted octanol–water partition coefficient (Wildman–Crippen LogP) is 5.08. The molecule has 0 unspecified atom stereocenters. The van der Waals surface area contributed by atoms with E-state index in [0.717, 1.165) is 27.1 Å². The van der Waals surface area contributed by atoms with Gasteiger partial charge in [-0.25, -0.2) is 4.98 Å². The van der Waals surface area contributed by atoms with E-state index in [1.165, 1.54) is 0 Å². The van der Waals surface area contributed by atoms with Crippen LogP contribution in [0.4, 0.5) is 17.2 Å². The number of benzene rings is 2. The lowest BCUT2D eigenvalue weighted by atomic mass is 10.1. The van der Waals surface area contributed by atoms with Gasteiger partial charge in [0, 0.05) is 10.2 Å². The first-order chi connectivity index (χ1) is 12.1. The van der Waals surface area contributed by atoms with Crippen molar-refractivity contribution < 1.29 is 4.79 Å². The molecule has 4 nitrogen and oxygen atoms in total. The summed E-state index contributed by atoms with van der Waals surface area (Å²) in [7, 11) is 0. The van der Waals surface area contributed by atoms with Gasteiger partial charge in [-0.15, -0.1) is 0 Å². The second-order valence-corrected chi connectivity index (χ2v) is 6.59. The molecule has 0 saturated heterocycles. The van der Waals surface area contributed by atoms with E-state index in [2.05, 4.69) is 31.5 Å². The highest BCUT2D eigenvalue weighted by atomic mass is 79.9. The number of rotatable bonds is 5. The Kier molecular flexibility index (Phi) is 5.46. The summed E-state index contributed by atoms with van der Waals surface area (Å²) in [6.45, 7) is 2.04. The van der Waals surface area contributed by atoms with Crippen molar-refractivity contribution in [2.24, 2.45) is 0 Å². The van der Waals surface area contributed by atoms with Crippen LogP contribution in [0.3, 0.4) is 0 Å². The summed E-state index contributed by atoms with van der Waals surface area (Å²) in [6.07, 6.45) is 2.00. The van der Waals surface area contributed by atoms with Gasteiger partial charge >= 0.3 is 0 Å². The fraction of sp³-hybridized carbons (Fsp3) is 0.100. The second-order valence-electron chi connectivity index (χ2n) is 5.73. The maximum Gasteiger partial charge on any atom is 0.228 e. The summed E-state index contributed by atoms with van der Waals surface area (Å²) in [5, 5.41) is 6.11. The molecule has 1 amide bonds. The number of aromatic nitrogens is 1. The summed E-state index contributed by atoms with van der Waals surface area (Å²) < 4.78 is 1.07. The molecule has 0 saturated carbocycles. The highest BCUT2D eigenvalue weighted by Crippen LogP contribution is 2.22. The van der Waals surface area contributed by atoms with Crippen molar-refractivity contribution in [3.63, 3.8) is 0 Å². The number of carbonyl (C=O) groups excluding carboxylic acids is 1. The first-order valence-electron chi connectivity index (χ1n) is 7.93. The minimum atomic E-state index is -0.0581. The largest absolute Gasteiger partial charge is 0.340 e. The number of nitrogens with zero attached hydrogens (tertiary/aromatic N) is 1. The monoisotopic (exact) mass is 395 g/mol. The summed E-state index contributed by atoms with van der Waals surface area (Å²) in [4.78, 5) is 16.4. The van der Waals surface area contributed by atoms with E-state index < -0.39 is 0 Å². The number of hydrogen-bond acceptors (Lipinski definition) is 3. The summed E-state index contributed by atoms with van der Waals surface area (Å²) in [5.74, 6) is 0.667. The fourth-order valence-corrected chi connectivity index (χ4v) is 2.65. The van der Waals surface area contributed by atoms with Crippen molar-refractivity contribution in [3.05, 3.63) is 82.5 Å². The molecule has 126 valence electrons. The van der Waals surface area contributed by atoms with Crippen molar-refractivity contribution >= 4 is 39.0 Å². The van der Waals surface area contributed by atoms with Crippen molar-refractivity contribution in [1.29, 1.82) is 0 Å². The molecule has 5 heteroatoms. The summed E-state index contributed by atoms with van der Waals surface area (Å²) in [5.41, 5.74) is 3.78. The number of carbonyl (C=O) groups is 1. The lowest BCUT2D eigenvalue weighted by Gasteiger charge is -2.09. The molecule has 0 bridgehead atoms. The van der Waals surface area contributed by atoms with Crippen molar-refractivity contribution in [3.8, 4) is 0 Å². The van der Waals surface area contributed by atoms with Gasteiger partial charge < -0.3 is 10.6 Å². The topological polar surface area (TPSA) is 54.0 Å². The lowest BCUT2D eigenvalue weighted by molar-refractivity contribution is -0.115. The van der Waals surface area contributed by atoms with Crippen LogP contribution in [-0.4, -0.2) is 10.9 Å². The molecule has 0 radical (unpaired) electrons. The predicted molar refractivity (Wildman–Crippen MR) is 105 cm³/mol. The zero-order chi connectivity index (χ0) is 17.6. The average molecular weight is 396 g/mol. The molecule has 3 aromatic rings. The van der Waals surface area contributed by atoms with E-state index in [1.807, 2.05) is 67.6 Å². The second kappa shape index (κ2) is 7.94. The molecule has 0 aliphatic rings. The highest BCUT2D eigenvalue weighted by molar-refractivity contribution is 9.10. The maximum absolute atomic E-state index is 12.1. The Hall–Kier alpha value is -2.66. The van der Waals surface area contributed by atoms with E-state index in [1.54, 1.807) is 6.20 Å². The van der Waals surface area contributed by atoms with E-state index in [9.17, 15) is 4.79 Å². The number of aryl methyl sites for hydroxylation is 1. The maximum atomic E-state index is 12.1.